The summed E-state index contributed by atoms with van der Waals surface area (Å²) < 4.78 is 0. The Kier molecular flexibility index (Phi) is 10.9. The van der Waals surface area contributed by atoms with Crippen molar-refractivity contribution in [1.82, 2.24) is 9.97 Å². The van der Waals surface area contributed by atoms with Gasteiger partial charge >= 0.3 is 0 Å². The van der Waals surface area contributed by atoms with Gasteiger partial charge in [0.15, 0.2) is 0 Å². The molecule has 0 saturated carbocycles. The van der Waals surface area contributed by atoms with E-state index in [9.17, 15) is 0 Å². The largest absolute Gasteiger partial charge is 0.247 e. The molecule has 12 aromatic carbocycles. The Labute approximate surface area is 472 Å². The van der Waals surface area contributed by atoms with Crippen LogP contribution in [0.3, 0.4) is 0 Å². The third-order valence-electron chi connectivity index (χ3n) is 17.8. The van der Waals surface area contributed by atoms with Gasteiger partial charge in [0.2, 0.25) is 0 Å². The number of aromatic nitrogens is 2. The summed E-state index contributed by atoms with van der Waals surface area (Å²) in [4.78, 5) is 12.5. The number of nitrogens with zero attached hydrogens (tertiary/aromatic N) is 2. The van der Waals surface area contributed by atoms with Gasteiger partial charge in [-0.15, -0.1) is 0 Å². The zero-order valence-corrected chi connectivity index (χ0v) is 45.2. The minimum absolute atomic E-state index is 0.0112. The SMILES string of the molecule is Cc1c2ccccc2c(-c2ccccc2)c2nc(-c3cc(-c4ccccc4)cc(-c4ccccc4)c3)c3c(c12)C1CC3c2c1c(-c1cc(-c3ccccc3)cc(-c3ccccc3)c1)nc1c(-c3ccccc3)c3ccccc3c(C)c21. The molecule has 2 heterocycles. The number of aryl methyl sites for hydroxylation is 2. The quantitative estimate of drug-likeness (QED) is 0.142. The summed E-state index contributed by atoms with van der Waals surface area (Å²) in [5, 5.41) is 7.48. The highest BCUT2D eigenvalue weighted by Gasteiger charge is 2.49. The molecule has 2 aliphatic carbocycles. The van der Waals surface area contributed by atoms with Crippen LogP contribution in [0.4, 0.5) is 0 Å². The standard InChI is InChI=1S/C79H54N2/c1-48-62-37-21-23-39-64(62)70(54-33-17-7-18-34-54)78-68(48)72-66-47-67(74(72)76(80-78)60-43-56(50-25-9-3-10-26-50)41-57(44-60)51-27-11-4-12-28-51)73-69-49(2)63-38-22-24-40-65(63)71(55-35-19-8-20-36-55)79(69)81-77(75(66)73)61-45-58(52-29-13-5-14-30-52)42-59(46-61)53-31-15-6-16-32-53/h3-46,66-67H,47H2,1-2H3. The van der Waals surface area contributed by atoms with E-state index in [2.05, 4.69) is 281 Å². The number of rotatable bonds is 8. The van der Waals surface area contributed by atoms with Crippen LogP contribution in [-0.2, 0) is 0 Å². The van der Waals surface area contributed by atoms with E-state index in [4.69, 9.17) is 9.97 Å². The van der Waals surface area contributed by atoms with Crippen LogP contribution in [0.5, 0.6) is 0 Å². The molecule has 0 fully saturated rings. The molecule has 2 unspecified atom stereocenters. The first-order chi connectivity index (χ1) is 40.0. The average Bonchev–Trinajstić information content (AvgIpc) is 2.77. The molecule has 2 heteroatoms. The van der Waals surface area contributed by atoms with Crippen LogP contribution in [0.2, 0.25) is 0 Å². The Bertz CT molecular complexity index is 4400. The van der Waals surface area contributed by atoms with Crippen molar-refractivity contribution in [3.8, 4) is 89.3 Å². The van der Waals surface area contributed by atoms with Crippen molar-refractivity contribution in [2.24, 2.45) is 0 Å². The lowest BCUT2D eigenvalue weighted by Gasteiger charge is -2.30. The van der Waals surface area contributed by atoms with Gasteiger partial charge in [0.25, 0.3) is 0 Å². The van der Waals surface area contributed by atoms with E-state index >= 15 is 0 Å². The second-order valence-electron chi connectivity index (χ2n) is 22.2. The van der Waals surface area contributed by atoms with E-state index in [1.807, 2.05) is 0 Å². The van der Waals surface area contributed by atoms with E-state index in [0.717, 1.165) is 40.0 Å². The summed E-state index contributed by atoms with van der Waals surface area (Å²) in [6, 6.07) is 98.0. The van der Waals surface area contributed by atoms with Crippen LogP contribution in [0.1, 0.15) is 51.6 Å². The first-order valence-electron chi connectivity index (χ1n) is 28.4. The van der Waals surface area contributed by atoms with Crippen LogP contribution in [0.15, 0.2) is 267 Å². The molecule has 0 radical (unpaired) electrons. The lowest BCUT2D eigenvalue weighted by atomic mass is 9.76. The van der Waals surface area contributed by atoms with Crippen molar-refractivity contribution in [1.29, 1.82) is 0 Å². The Morgan fingerprint density at radius 3 is 0.827 bits per heavy atom. The Morgan fingerprint density at radius 2 is 0.519 bits per heavy atom. The predicted molar refractivity (Wildman–Crippen MR) is 340 cm³/mol. The maximum absolute atomic E-state index is 6.24. The van der Waals surface area contributed by atoms with Crippen molar-refractivity contribution in [2.75, 3.05) is 0 Å². The third kappa shape index (κ3) is 7.48. The average molecular weight is 1030 g/mol. The zero-order chi connectivity index (χ0) is 53.7. The molecule has 0 N–H and O–H groups in total. The van der Waals surface area contributed by atoms with Gasteiger partial charge in [0.05, 0.1) is 22.4 Å². The summed E-state index contributed by atoms with van der Waals surface area (Å²) in [6.45, 7) is 4.71. The van der Waals surface area contributed by atoms with Gasteiger partial charge in [-0.3, -0.25) is 0 Å². The molecule has 14 aromatic rings. The van der Waals surface area contributed by atoms with Gasteiger partial charge in [0, 0.05) is 44.9 Å². The first-order valence-corrected chi connectivity index (χ1v) is 28.4. The summed E-state index contributed by atoms with van der Waals surface area (Å²) in [5.74, 6) is 0.0225. The maximum atomic E-state index is 6.24. The van der Waals surface area contributed by atoms with Gasteiger partial charge in [-0.2, -0.15) is 0 Å². The minimum atomic E-state index is 0.0112. The van der Waals surface area contributed by atoms with E-state index < -0.39 is 0 Å². The number of hydrogen-bond donors (Lipinski definition) is 0. The molecule has 0 amide bonds. The van der Waals surface area contributed by atoms with Gasteiger partial charge in [-0.1, -0.05) is 231 Å². The second kappa shape index (κ2) is 18.8. The molecular weight excluding hydrogens is 977 g/mol. The van der Waals surface area contributed by atoms with Gasteiger partial charge in [-0.05, 0) is 167 Å². The summed E-state index contributed by atoms with van der Waals surface area (Å²) >= 11 is 0. The highest BCUT2D eigenvalue weighted by molar-refractivity contribution is 6.18. The molecule has 0 saturated heterocycles. The molecular formula is C79H54N2. The van der Waals surface area contributed by atoms with E-state index in [-0.39, 0.29) is 11.8 Å². The highest BCUT2D eigenvalue weighted by Crippen LogP contribution is 2.65. The molecule has 81 heavy (non-hydrogen) atoms. The van der Waals surface area contributed by atoms with Crippen LogP contribution in [0.25, 0.3) is 133 Å². The fourth-order valence-corrected chi connectivity index (χ4v) is 14.3. The maximum Gasteiger partial charge on any atom is 0.0800 e. The topological polar surface area (TPSA) is 25.8 Å². The molecule has 2 aromatic heterocycles. The van der Waals surface area contributed by atoms with E-state index in [1.165, 1.54) is 132 Å². The van der Waals surface area contributed by atoms with Crippen LogP contribution < -0.4 is 0 Å². The normalized spacial score (nSPS) is 14.2. The molecule has 16 rings (SSSR count). The predicted octanol–water partition coefficient (Wildman–Crippen LogP) is 21.0. The molecule has 2 aliphatic rings. The zero-order valence-electron chi connectivity index (χ0n) is 45.2. The summed E-state index contributed by atoms with van der Waals surface area (Å²) in [5.41, 5.74) is 28.6. The molecule has 2 nitrogen and oxygen atoms in total. The highest BCUT2D eigenvalue weighted by atomic mass is 14.8. The smallest absolute Gasteiger partial charge is 0.0800 e. The number of hydrogen-bond acceptors (Lipinski definition) is 2. The van der Waals surface area contributed by atoms with Gasteiger partial charge in [0.1, 0.15) is 0 Å². The number of benzene rings is 12. The number of fused-ring (bicyclic) bond motifs is 14. The van der Waals surface area contributed by atoms with E-state index in [0.29, 0.717) is 0 Å². The summed E-state index contributed by atoms with van der Waals surface area (Å²) in [6.07, 6.45) is 0.917. The van der Waals surface area contributed by atoms with Crippen LogP contribution >= 0.6 is 0 Å². The van der Waals surface area contributed by atoms with Crippen molar-refractivity contribution >= 4 is 43.4 Å². The fraction of sp³-hybridized carbons (Fsp3) is 0.0633. The molecule has 2 bridgehead atoms. The van der Waals surface area contributed by atoms with Crippen molar-refractivity contribution in [2.45, 2.75) is 32.1 Å². The summed E-state index contributed by atoms with van der Waals surface area (Å²) in [7, 11) is 0. The monoisotopic (exact) mass is 1030 g/mol. The molecule has 2 atom stereocenters. The minimum Gasteiger partial charge on any atom is -0.247 e. The lowest BCUT2D eigenvalue weighted by Crippen LogP contribution is -2.13. The van der Waals surface area contributed by atoms with Crippen molar-refractivity contribution < 1.29 is 0 Å². The lowest BCUT2D eigenvalue weighted by molar-refractivity contribution is 0.799. The van der Waals surface area contributed by atoms with E-state index in [1.54, 1.807) is 0 Å². The van der Waals surface area contributed by atoms with Crippen LogP contribution in [-0.4, -0.2) is 9.97 Å². The van der Waals surface area contributed by atoms with Gasteiger partial charge < -0.3 is 0 Å². The van der Waals surface area contributed by atoms with Crippen molar-refractivity contribution in [3.63, 3.8) is 0 Å². The molecule has 0 aliphatic heterocycles. The Balaban J connectivity index is 1.09. The second-order valence-corrected chi connectivity index (χ2v) is 22.2. The molecule has 380 valence electrons. The van der Waals surface area contributed by atoms with Crippen LogP contribution in [0, 0.1) is 13.8 Å². The van der Waals surface area contributed by atoms with Crippen molar-refractivity contribution in [3.05, 3.63) is 300 Å². The first kappa shape index (κ1) is 47.0. The molecule has 0 spiro atoms. The Morgan fingerprint density at radius 1 is 0.259 bits per heavy atom. The third-order valence-corrected chi connectivity index (χ3v) is 17.8. The number of pyridine rings is 2. The van der Waals surface area contributed by atoms with Gasteiger partial charge in [-0.25, -0.2) is 9.97 Å². The Hall–Kier alpha value is -10.0. The fourth-order valence-electron chi connectivity index (χ4n) is 14.3.